The van der Waals surface area contributed by atoms with E-state index in [4.69, 9.17) is 0 Å². The highest BCUT2D eigenvalue weighted by Gasteiger charge is 2.29. The molecule has 0 bridgehead atoms. The molecule has 260 valence electrons. The van der Waals surface area contributed by atoms with Crippen molar-refractivity contribution in [1.29, 1.82) is 0 Å². The second-order valence-corrected chi connectivity index (χ2v) is 15.9. The molecule has 1 aliphatic rings. The third-order valence-electron chi connectivity index (χ3n) is 12.0. The van der Waals surface area contributed by atoms with Gasteiger partial charge in [0.2, 0.25) is 0 Å². The summed E-state index contributed by atoms with van der Waals surface area (Å²) >= 11 is 1.90. The number of benzene rings is 9. The molecule has 0 unspecified atom stereocenters. The maximum absolute atomic E-state index is 2.54. The van der Waals surface area contributed by atoms with Gasteiger partial charge in [0.15, 0.2) is 0 Å². The summed E-state index contributed by atoms with van der Waals surface area (Å²) < 4.78 is 7.47. The summed E-state index contributed by atoms with van der Waals surface area (Å²) in [5.41, 5.74) is 12.1. The first-order chi connectivity index (χ1) is 27.8. The van der Waals surface area contributed by atoms with Crippen LogP contribution >= 0.6 is 11.8 Å². The second-order valence-electron chi connectivity index (χ2n) is 14.9. The van der Waals surface area contributed by atoms with Crippen molar-refractivity contribution >= 4 is 88.0 Å². The third kappa shape index (κ3) is 3.98. The molecule has 0 fully saturated rings. The number of para-hydroxylation sites is 3. The molecule has 12 aromatic rings. The first-order valence-electron chi connectivity index (χ1n) is 19.2. The Morgan fingerprint density at radius 3 is 1.77 bits per heavy atom. The van der Waals surface area contributed by atoms with Crippen molar-refractivity contribution in [2.24, 2.45) is 0 Å². The predicted octanol–water partition coefficient (Wildman–Crippen LogP) is 14.3. The van der Waals surface area contributed by atoms with E-state index >= 15 is 0 Å². The highest BCUT2D eigenvalue weighted by Crippen LogP contribution is 2.52. The van der Waals surface area contributed by atoms with Gasteiger partial charge in [0.05, 0.1) is 27.8 Å². The van der Waals surface area contributed by atoms with E-state index in [-0.39, 0.29) is 0 Å². The fourth-order valence-corrected chi connectivity index (χ4v) is 10.9. The fourth-order valence-electron chi connectivity index (χ4n) is 9.70. The summed E-state index contributed by atoms with van der Waals surface area (Å²) in [7, 11) is 0. The van der Waals surface area contributed by atoms with Gasteiger partial charge in [-0.2, -0.15) is 0 Å². The Morgan fingerprint density at radius 1 is 0.375 bits per heavy atom. The van der Waals surface area contributed by atoms with E-state index in [2.05, 4.69) is 202 Å². The lowest BCUT2D eigenvalue weighted by molar-refractivity contribution is 1.03. The van der Waals surface area contributed by atoms with Gasteiger partial charge in [-0.15, -0.1) is 0 Å². The largest absolute Gasteiger partial charge is 0.309 e. The average molecular weight is 730 g/mol. The van der Waals surface area contributed by atoms with Crippen LogP contribution in [-0.2, 0) is 0 Å². The lowest BCUT2D eigenvalue weighted by Crippen LogP contribution is -2.06. The molecule has 0 atom stereocenters. The van der Waals surface area contributed by atoms with Gasteiger partial charge in [0.25, 0.3) is 0 Å². The highest BCUT2D eigenvalue weighted by atomic mass is 32.2. The normalized spacial score (nSPS) is 12.6. The molecule has 0 saturated heterocycles. The van der Waals surface area contributed by atoms with Crippen LogP contribution in [-0.4, -0.2) is 13.7 Å². The number of aromatic nitrogens is 3. The smallest absolute Gasteiger partial charge is 0.131 e. The van der Waals surface area contributed by atoms with Crippen molar-refractivity contribution in [3.05, 3.63) is 188 Å². The Bertz CT molecular complexity index is 3530. The molecule has 0 amide bonds. The van der Waals surface area contributed by atoms with Gasteiger partial charge in [-0.3, -0.25) is 9.13 Å². The molecule has 0 aliphatic carbocycles. The van der Waals surface area contributed by atoms with Crippen LogP contribution in [0.2, 0.25) is 0 Å². The van der Waals surface area contributed by atoms with Crippen LogP contribution in [0, 0.1) is 0 Å². The van der Waals surface area contributed by atoms with E-state index in [9.17, 15) is 0 Å². The van der Waals surface area contributed by atoms with Gasteiger partial charge in [-0.1, -0.05) is 145 Å². The molecule has 0 saturated carbocycles. The molecule has 0 N–H and O–H groups in total. The van der Waals surface area contributed by atoms with Crippen molar-refractivity contribution < 1.29 is 0 Å². The van der Waals surface area contributed by atoms with E-state index < -0.39 is 0 Å². The molecular formula is C52H31N3S. The van der Waals surface area contributed by atoms with E-state index in [1.165, 1.54) is 103 Å². The van der Waals surface area contributed by atoms with E-state index in [1.807, 2.05) is 11.8 Å². The molecule has 3 nitrogen and oxygen atoms in total. The Morgan fingerprint density at radius 2 is 1.00 bits per heavy atom. The van der Waals surface area contributed by atoms with Crippen LogP contribution in [0.15, 0.2) is 198 Å². The summed E-state index contributed by atoms with van der Waals surface area (Å²) in [6.45, 7) is 0. The van der Waals surface area contributed by atoms with Crippen LogP contribution in [0.25, 0.3) is 104 Å². The summed E-state index contributed by atoms with van der Waals surface area (Å²) in [5, 5.41) is 11.6. The zero-order valence-corrected chi connectivity index (χ0v) is 31.0. The molecular weight excluding hydrogens is 699 g/mol. The van der Waals surface area contributed by atoms with Crippen LogP contribution in [0.1, 0.15) is 0 Å². The van der Waals surface area contributed by atoms with Crippen LogP contribution in [0.3, 0.4) is 0 Å². The summed E-state index contributed by atoms with van der Waals surface area (Å²) in [5.74, 6) is 0. The Hall–Kier alpha value is -7.01. The summed E-state index contributed by atoms with van der Waals surface area (Å²) in [6.07, 6.45) is 0. The molecule has 56 heavy (non-hydrogen) atoms. The maximum atomic E-state index is 2.54. The topological polar surface area (TPSA) is 14.8 Å². The summed E-state index contributed by atoms with van der Waals surface area (Å²) in [4.78, 5) is 2.55. The first kappa shape index (κ1) is 30.3. The quantitative estimate of drug-likeness (QED) is 0.177. The number of nitrogens with zero attached hydrogens (tertiary/aromatic N) is 3. The monoisotopic (exact) mass is 729 g/mol. The van der Waals surface area contributed by atoms with Crippen LogP contribution in [0.5, 0.6) is 0 Å². The van der Waals surface area contributed by atoms with Gasteiger partial charge in [0.1, 0.15) is 5.65 Å². The Labute approximate surface area is 326 Å². The minimum Gasteiger partial charge on any atom is -0.309 e. The molecule has 3 aromatic heterocycles. The third-order valence-corrected chi connectivity index (χ3v) is 13.2. The second kappa shape index (κ2) is 11.3. The summed E-state index contributed by atoms with van der Waals surface area (Å²) in [6, 6.07) is 69.3. The van der Waals surface area contributed by atoms with Gasteiger partial charge in [-0.05, 0) is 87.3 Å². The van der Waals surface area contributed by atoms with Gasteiger partial charge in [0, 0.05) is 48.1 Å². The van der Waals surface area contributed by atoms with Gasteiger partial charge >= 0.3 is 0 Å². The van der Waals surface area contributed by atoms with Crippen LogP contribution < -0.4 is 0 Å². The Kier molecular flexibility index (Phi) is 6.10. The molecule has 1 aliphatic heterocycles. The van der Waals surface area contributed by atoms with Crippen molar-refractivity contribution in [3.63, 3.8) is 0 Å². The van der Waals surface area contributed by atoms with E-state index in [1.54, 1.807) is 0 Å². The van der Waals surface area contributed by atoms with Gasteiger partial charge < -0.3 is 4.57 Å². The number of hydrogen-bond donors (Lipinski definition) is 0. The molecule has 0 spiro atoms. The standard InChI is InChI=1S/C52H31N3S/c1-2-16-35(17-3-1)54-42-24-9-8-21-40(42)47-41-23-12-26-46-50(41)55(52(47)54)45-25-11-22-39(51(45)56-46)34-15-10-18-36(31-34)53-43-29-27-32-13-4-6-19-37(32)48(43)49-38-20-7-5-14-33(38)28-30-44(49)53/h1-31H. The van der Waals surface area contributed by atoms with Gasteiger partial charge in [-0.25, -0.2) is 0 Å². The first-order valence-corrected chi connectivity index (χ1v) is 20.0. The molecule has 4 heterocycles. The number of rotatable bonds is 3. The van der Waals surface area contributed by atoms with Crippen molar-refractivity contribution in [1.82, 2.24) is 13.7 Å². The molecule has 4 heteroatoms. The minimum atomic E-state index is 1.15. The minimum absolute atomic E-state index is 1.15. The maximum Gasteiger partial charge on any atom is 0.131 e. The van der Waals surface area contributed by atoms with Crippen molar-refractivity contribution in [2.45, 2.75) is 9.79 Å². The lowest BCUT2D eigenvalue weighted by Gasteiger charge is -2.23. The molecule has 9 aromatic carbocycles. The van der Waals surface area contributed by atoms with E-state index in [0.29, 0.717) is 0 Å². The predicted molar refractivity (Wildman–Crippen MR) is 237 cm³/mol. The lowest BCUT2D eigenvalue weighted by atomic mass is 10.00. The molecule has 13 rings (SSSR count). The highest BCUT2D eigenvalue weighted by molar-refractivity contribution is 8.00. The zero-order chi connectivity index (χ0) is 36.5. The average Bonchev–Trinajstić information content (AvgIpc) is 3.91. The fraction of sp³-hybridized carbons (Fsp3) is 0. The zero-order valence-electron chi connectivity index (χ0n) is 30.1. The SMILES string of the molecule is c1ccc(-n2c3ccccc3c3c4cccc5c4n(c32)-c2cccc(-c3cccc(-n4c6ccc7ccccc7c6c6c7ccccc7ccc64)c3)c2S5)cc1. The van der Waals surface area contributed by atoms with Crippen molar-refractivity contribution in [3.8, 4) is 28.2 Å². The Balaban J connectivity index is 1.08. The van der Waals surface area contributed by atoms with Crippen LogP contribution in [0.4, 0.5) is 0 Å². The number of fused-ring (bicyclic) bond motifs is 14. The van der Waals surface area contributed by atoms with Crippen molar-refractivity contribution in [2.75, 3.05) is 0 Å². The van der Waals surface area contributed by atoms with E-state index in [0.717, 1.165) is 11.4 Å². The number of hydrogen-bond acceptors (Lipinski definition) is 1. The molecule has 0 radical (unpaired) electrons.